The van der Waals surface area contributed by atoms with Crippen molar-refractivity contribution in [2.75, 3.05) is 0 Å². The Bertz CT molecular complexity index is 334. The second-order valence-electron chi connectivity index (χ2n) is 3.35. The van der Waals surface area contributed by atoms with Crippen molar-refractivity contribution in [2.45, 2.75) is 24.8 Å². The highest BCUT2D eigenvalue weighted by molar-refractivity contribution is 7.86. The Kier molecular flexibility index (Phi) is 3.81. The highest BCUT2D eigenvalue weighted by Crippen LogP contribution is 2.11. The number of hydrogen-bond donors (Lipinski definition) is 3. The SMILES string of the molecule is C=CC(=O)NC(C)(C)C(N)S(=O)(=O)O. The number of rotatable bonds is 4. The molecule has 6 nitrogen and oxygen atoms in total. The lowest BCUT2D eigenvalue weighted by molar-refractivity contribution is -0.118. The third-order valence-electron chi connectivity index (χ3n) is 1.66. The second kappa shape index (κ2) is 4.07. The molecule has 14 heavy (non-hydrogen) atoms. The summed E-state index contributed by atoms with van der Waals surface area (Å²) in [7, 11) is -4.39. The Hall–Kier alpha value is -0.920. The first-order chi connectivity index (χ1) is 6.11. The van der Waals surface area contributed by atoms with Crippen LogP contribution >= 0.6 is 0 Å². The lowest BCUT2D eigenvalue weighted by atomic mass is 10.1. The van der Waals surface area contributed by atoms with Crippen molar-refractivity contribution in [3.05, 3.63) is 12.7 Å². The Balaban J connectivity index is 4.79. The van der Waals surface area contributed by atoms with E-state index in [9.17, 15) is 13.2 Å². The number of amides is 1. The van der Waals surface area contributed by atoms with Gasteiger partial charge in [0, 0.05) is 0 Å². The highest BCUT2D eigenvalue weighted by Gasteiger charge is 2.36. The molecule has 7 heteroatoms. The molecular formula is C7H14N2O4S. The smallest absolute Gasteiger partial charge is 0.283 e. The summed E-state index contributed by atoms with van der Waals surface area (Å²) in [4.78, 5) is 10.9. The molecule has 0 aliphatic rings. The standard InChI is InChI=1S/C7H14N2O4S/c1-4-5(10)9-7(2,3)6(8)14(11,12)13/h4,6H,1,8H2,2-3H3,(H,9,10)(H,11,12,13). The zero-order chi connectivity index (χ0) is 11.6. The van der Waals surface area contributed by atoms with E-state index in [0.29, 0.717) is 0 Å². The van der Waals surface area contributed by atoms with Gasteiger partial charge in [0.2, 0.25) is 5.91 Å². The van der Waals surface area contributed by atoms with Crippen molar-refractivity contribution in [1.82, 2.24) is 5.32 Å². The van der Waals surface area contributed by atoms with Crippen LogP contribution in [-0.2, 0) is 14.9 Å². The molecule has 4 N–H and O–H groups in total. The van der Waals surface area contributed by atoms with E-state index < -0.39 is 26.9 Å². The van der Waals surface area contributed by atoms with E-state index in [-0.39, 0.29) is 0 Å². The Morgan fingerprint density at radius 3 is 2.36 bits per heavy atom. The van der Waals surface area contributed by atoms with Crippen LogP contribution < -0.4 is 11.1 Å². The fourth-order valence-corrected chi connectivity index (χ4v) is 1.62. The van der Waals surface area contributed by atoms with E-state index in [1.165, 1.54) is 13.8 Å². The molecule has 0 aromatic rings. The molecule has 0 rings (SSSR count). The molecule has 0 aromatic heterocycles. The monoisotopic (exact) mass is 222 g/mol. The van der Waals surface area contributed by atoms with Crippen molar-refractivity contribution < 1.29 is 17.8 Å². The molecule has 0 aliphatic carbocycles. The molecule has 1 atom stereocenters. The minimum atomic E-state index is -4.39. The van der Waals surface area contributed by atoms with Gasteiger partial charge in [0.05, 0.1) is 5.54 Å². The molecular weight excluding hydrogens is 208 g/mol. The van der Waals surface area contributed by atoms with Crippen molar-refractivity contribution in [1.29, 1.82) is 0 Å². The van der Waals surface area contributed by atoms with E-state index >= 15 is 0 Å². The molecule has 1 unspecified atom stereocenters. The summed E-state index contributed by atoms with van der Waals surface area (Å²) in [5.74, 6) is -0.561. The van der Waals surface area contributed by atoms with E-state index in [1.54, 1.807) is 0 Å². The summed E-state index contributed by atoms with van der Waals surface area (Å²) in [5, 5.41) is 0.707. The summed E-state index contributed by atoms with van der Waals surface area (Å²) in [5.41, 5.74) is 3.98. The van der Waals surface area contributed by atoms with E-state index in [0.717, 1.165) is 6.08 Å². The first-order valence-corrected chi connectivity index (χ1v) is 5.28. The molecule has 1 amide bonds. The molecule has 0 aliphatic heterocycles. The predicted octanol–water partition coefficient (Wildman–Crippen LogP) is -0.760. The van der Waals surface area contributed by atoms with Crippen molar-refractivity contribution >= 4 is 16.0 Å². The van der Waals surface area contributed by atoms with Crippen molar-refractivity contribution in [2.24, 2.45) is 5.73 Å². The van der Waals surface area contributed by atoms with Crippen LogP contribution in [0, 0.1) is 0 Å². The number of nitrogens with one attached hydrogen (secondary N) is 1. The summed E-state index contributed by atoms with van der Waals surface area (Å²) in [6.07, 6.45) is 0.985. The Morgan fingerprint density at radius 2 is 2.07 bits per heavy atom. The first kappa shape index (κ1) is 13.1. The topological polar surface area (TPSA) is 109 Å². The van der Waals surface area contributed by atoms with Gasteiger partial charge in [-0.15, -0.1) is 0 Å². The number of carbonyl (C=O) groups excluding carboxylic acids is 1. The van der Waals surface area contributed by atoms with Crippen LogP contribution in [-0.4, -0.2) is 29.8 Å². The van der Waals surface area contributed by atoms with Gasteiger partial charge in [-0.3, -0.25) is 9.35 Å². The maximum Gasteiger partial charge on any atom is 0.283 e. The molecule has 0 radical (unpaired) electrons. The van der Waals surface area contributed by atoms with Gasteiger partial charge in [0.15, 0.2) is 5.37 Å². The van der Waals surface area contributed by atoms with Crippen LogP contribution in [0.15, 0.2) is 12.7 Å². The summed E-state index contributed by atoms with van der Waals surface area (Å²) < 4.78 is 30.1. The van der Waals surface area contributed by atoms with E-state index in [1.807, 2.05) is 0 Å². The average Bonchev–Trinajstić information content (AvgIpc) is 2.00. The zero-order valence-electron chi connectivity index (χ0n) is 8.02. The molecule has 0 spiro atoms. The van der Waals surface area contributed by atoms with Crippen LogP contribution in [0.25, 0.3) is 0 Å². The van der Waals surface area contributed by atoms with Crippen LogP contribution in [0.2, 0.25) is 0 Å². The van der Waals surface area contributed by atoms with Crippen molar-refractivity contribution in [3.63, 3.8) is 0 Å². The lowest BCUT2D eigenvalue weighted by Gasteiger charge is -2.29. The third kappa shape index (κ3) is 3.44. The number of nitrogens with two attached hydrogens (primary N) is 1. The van der Waals surface area contributed by atoms with Crippen LogP contribution in [0.3, 0.4) is 0 Å². The minimum absolute atomic E-state index is 0.561. The Morgan fingerprint density at radius 1 is 1.64 bits per heavy atom. The van der Waals surface area contributed by atoms with Gasteiger partial charge >= 0.3 is 0 Å². The lowest BCUT2D eigenvalue weighted by Crippen LogP contribution is -2.58. The second-order valence-corrected chi connectivity index (χ2v) is 4.89. The normalized spacial score (nSPS) is 14.6. The average molecular weight is 222 g/mol. The fraction of sp³-hybridized carbons (Fsp3) is 0.571. The van der Waals surface area contributed by atoms with E-state index in [2.05, 4.69) is 11.9 Å². The number of hydrogen-bond acceptors (Lipinski definition) is 4. The van der Waals surface area contributed by atoms with Crippen molar-refractivity contribution in [3.8, 4) is 0 Å². The van der Waals surface area contributed by atoms with Gasteiger partial charge in [-0.2, -0.15) is 8.42 Å². The largest absolute Gasteiger partial charge is 0.345 e. The molecule has 0 aromatic carbocycles. The molecule has 0 heterocycles. The van der Waals surface area contributed by atoms with Crippen LogP contribution in [0.5, 0.6) is 0 Å². The molecule has 0 bridgehead atoms. The van der Waals surface area contributed by atoms with Crippen LogP contribution in [0.4, 0.5) is 0 Å². The van der Waals surface area contributed by atoms with Gasteiger partial charge in [-0.1, -0.05) is 6.58 Å². The van der Waals surface area contributed by atoms with E-state index in [4.69, 9.17) is 10.3 Å². The molecule has 0 saturated carbocycles. The first-order valence-electron chi connectivity index (χ1n) is 3.77. The quantitative estimate of drug-likeness (QED) is 0.428. The van der Waals surface area contributed by atoms with Gasteiger partial charge in [-0.25, -0.2) is 0 Å². The molecule has 0 saturated heterocycles. The highest BCUT2D eigenvalue weighted by atomic mass is 32.2. The fourth-order valence-electron chi connectivity index (χ4n) is 0.812. The van der Waals surface area contributed by atoms with Gasteiger partial charge in [0.1, 0.15) is 0 Å². The minimum Gasteiger partial charge on any atom is -0.345 e. The van der Waals surface area contributed by atoms with Gasteiger partial charge in [-0.05, 0) is 19.9 Å². The maximum atomic E-state index is 10.9. The third-order valence-corrected chi connectivity index (χ3v) is 2.89. The van der Waals surface area contributed by atoms with Gasteiger partial charge < -0.3 is 11.1 Å². The number of carbonyl (C=O) groups is 1. The van der Waals surface area contributed by atoms with Crippen LogP contribution in [0.1, 0.15) is 13.8 Å². The zero-order valence-corrected chi connectivity index (χ0v) is 8.84. The molecule has 0 fully saturated rings. The summed E-state index contributed by atoms with van der Waals surface area (Å²) in [6, 6.07) is 0. The van der Waals surface area contributed by atoms with Gasteiger partial charge in [0.25, 0.3) is 10.1 Å². The summed E-state index contributed by atoms with van der Waals surface area (Å²) >= 11 is 0. The maximum absolute atomic E-state index is 10.9. The summed E-state index contributed by atoms with van der Waals surface area (Å²) in [6.45, 7) is 5.97. The molecule has 82 valence electrons. The Labute approximate surface area is 82.9 Å². The predicted molar refractivity (Wildman–Crippen MR) is 51.9 cm³/mol.